The molecule has 1 amide bonds. The van der Waals surface area contributed by atoms with Gasteiger partial charge in [0.05, 0.1) is 13.2 Å². The maximum atomic E-state index is 12.3. The summed E-state index contributed by atoms with van der Waals surface area (Å²) in [6, 6.07) is 11.8. The van der Waals surface area contributed by atoms with Gasteiger partial charge in [-0.05, 0) is 25.3 Å². The number of morpholine rings is 1. The summed E-state index contributed by atoms with van der Waals surface area (Å²) in [5.41, 5.74) is 9.32. The number of nitrogen functional groups attached to an aromatic ring is 1. The van der Waals surface area contributed by atoms with E-state index in [-0.39, 0.29) is 7.33 Å². The summed E-state index contributed by atoms with van der Waals surface area (Å²) < 4.78 is 5.39. The standard InChI is InChI=1S/C20H35N5O2.C8H9N.C2H6.H2/c1-4-6-8-24(7-5-2)18-15-19(21)22-20(16-18)25(17(3)26)10-9-23-11-13-27-14-12-23;1-7-3-2-4-8(5-7)6-9;1-2;/h15-16H,4-14H2,1-3H3,(H2,21,22);2-6,9H,1H3;1-2H3;1H. The van der Waals surface area contributed by atoms with Crippen molar-refractivity contribution >= 4 is 29.4 Å². The Morgan fingerprint density at radius 2 is 1.84 bits per heavy atom. The summed E-state index contributed by atoms with van der Waals surface area (Å²) in [5, 5.41) is 6.92. The van der Waals surface area contributed by atoms with E-state index in [0.29, 0.717) is 18.2 Å². The highest BCUT2D eigenvalue weighted by Crippen LogP contribution is 2.24. The molecule has 0 radical (unpaired) electrons. The number of amides is 1. The SMILES string of the molecule is CC.CCCCN(CCC)c1cc(N)nc(N(CCN2CCOCC2)C(C)=O)c1.Cc1cccc(C=N)c1.[HH]. The van der Waals surface area contributed by atoms with E-state index in [1.807, 2.05) is 57.2 Å². The molecule has 2 heterocycles. The lowest BCUT2D eigenvalue weighted by molar-refractivity contribution is -0.116. The van der Waals surface area contributed by atoms with Crippen molar-refractivity contribution in [2.45, 2.75) is 60.8 Å². The van der Waals surface area contributed by atoms with Gasteiger partial charge in [-0.1, -0.05) is 63.9 Å². The van der Waals surface area contributed by atoms with E-state index in [0.717, 1.165) is 76.5 Å². The molecule has 1 saturated heterocycles. The number of ether oxygens (including phenoxy) is 1. The predicted octanol–water partition coefficient (Wildman–Crippen LogP) is 5.63. The van der Waals surface area contributed by atoms with Crippen LogP contribution in [0.1, 0.15) is 66.4 Å². The van der Waals surface area contributed by atoms with Gasteiger partial charge in [-0.2, -0.15) is 0 Å². The highest BCUT2D eigenvalue weighted by molar-refractivity contribution is 5.91. The van der Waals surface area contributed by atoms with Gasteiger partial charge in [-0.15, -0.1) is 0 Å². The molecular weight excluding hydrogens is 476 g/mol. The number of nitrogens with zero attached hydrogens (tertiary/aromatic N) is 4. The summed E-state index contributed by atoms with van der Waals surface area (Å²) in [4.78, 5) is 23.1. The molecule has 1 aromatic carbocycles. The number of carbonyl (C=O) groups excluding carboxylic acids is 1. The van der Waals surface area contributed by atoms with Crippen LogP contribution in [0.15, 0.2) is 36.4 Å². The molecule has 1 aromatic heterocycles. The fourth-order valence-electron chi connectivity index (χ4n) is 4.09. The number of unbranched alkanes of at least 4 members (excludes halogenated alkanes) is 1. The molecule has 1 aliphatic rings. The number of hydrogen-bond donors (Lipinski definition) is 2. The zero-order chi connectivity index (χ0) is 28.3. The number of hydrogen-bond acceptors (Lipinski definition) is 7. The summed E-state index contributed by atoms with van der Waals surface area (Å²) >= 11 is 0. The second-order valence-electron chi connectivity index (χ2n) is 9.13. The Bertz CT molecular complexity index is 953. The van der Waals surface area contributed by atoms with Gasteiger partial charge in [-0.3, -0.25) is 14.6 Å². The van der Waals surface area contributed by atoms with Crippen molar-refractivity contribution in [2.75, 3.05) is 68.0 Å². The van der Waals surface area contributed by atoms with Gasteiger partial charge in [0.25, 0.3) is 0 Å². The van der Waals surface area contributed by atoms with Crippen LogP contribution in [-0.2, 0) is 9.53 Å². The largest absolute Gasteiger partial charge is 0.384 e. The maximum absolute atomic E-state index is 12.3. The smallest absolute Gasteiger partial charge is 0.225 e. The first-order valence-corrected chi connectivity index (χ1v) is 14.1. The Labute approximate surface area is 232 Å². The van der Waals surface area contributed by atoms with Gasteiger partial charge in [0.1, 0.15) is 11.6 Å². The molecule has 0 atom stereocenters. The van der Waals surface area contributed by atoms with Gasteiger partial charge < -0.3 is 20.8 Å². The number of nitrogens with two attached hydrogens (primary N) is 1. The molecule has 0 unspecified atom stereocenters. The number of aryl methyl sites for hydroxylation is 1. The van der Waals surface area contributed by atoms with E-state index >= 15 is 0 Å². The van der Waals surface area contributed by atoms with Crippen molar-refractivity contribution in [1.29, 1.82) is 5.41 Å². The third-order valence-electron chi connectivity index (χ3n) is 6.07. The Hall–Kier alpha value is -2.97. The molecule has 0 bridgehead atoms. The first-order valence-electron chi connectivity index (χ1n) is 14.1. The lowest BCUT2D eigenvalue weighted by Gasteiger charge is -2.30. The molecule has 0 saturated carbocycles. The zero-order valence-corrected chi connectivity index (χ0v) is 24.5. The van der Waals surface area contributed by atoms with Crippen LogP contribution in [0, 0.1) is 12.3 Å². The van der Waals surface area contributed by atoms with Crippen molar-refractivity contribution in [3.63, 3.8) is 0 Å². The first kappa shape index (κ1) is 33.1. The summed E-state index contributed by atoms with van der Waals surface area (Å²) in [6.45, 7) is 18.7. The first-order chi connectivity index (χ1) is 18.4. The minimum Gasteiger partial charge on any atom is -0.384 e. The fourth-order valence-corrected chi connectivity index (χ4v) is 4.09. The number of carbonyl (C=O) groups is 1. The number of aromatic nitrogens is 1. The molecule has 0 aliphatic carbocycles. The highest BCUT2D eigenvalue weighted by Gasteiger charge is 2.18. The molecule has 1 fully saturated rings. The summed E-state index contributed by atoms with van der Waals surface area (Å²) in [6.07, 6.45) is 4.69. The molecular formula is C30H52N6O2. The second-order valence-corrected chi connectivity index (χ2v) is 9.13. The Morgan fingerprint density at radius 3 is 2.39 bits per heavy atom. The average molecular weight is 529 g/mol. The van der Waals surface area contributed by atoms with E-state index < -0.39 is 0 Å². The minimum absolute atomic E-state index is 0. The van der Waals surface area contributed by atoms with Crippen LogP contribution < -0.4 is 15.5 Å². The third-order valence-corrected chi connectivity index (χ3v) is 6.07. The lowest BCUT2D eigenvalue weighted by Crippen LogP contribution is -2.43. The topological polar surface area (TPSA) is 98.8 Å². The summed E-state index contributed by atoms with van der Waals surface area (Å²) in [7, 11) is 0. The normalized spacial score (nSPS) is 12.9. The minimum atomic E-state index is -0.0112. The molecule has 8 heteroatoms. The van der Waals surface area contributed by atoms with Crippen LogP contribution in [0.3, 0.4) is 0 Å². The quantitative estimate of drug-likeness (QED) is 0.367. The summed E-state index contributed by atoms with van der Waals surface area (Å²) in [5.74, 6) is 1.09. The number of rotatable bonds is 11. The molecule has 3 N–H and O–H groups in total. The van der Waals surface area contributed by atoms with Gasteiger partial charge >= 0.3 is 0 Å². The molecule has 3 rings (SSSR count). The van der Waals surface area contributed by atoms with Crippen LogP contribution in [-0.4, -0.2) is 74.5 Å². The van der Waals surface area contributed by atoms with Crippen LogP contribution in [0.4, 0.5) is 17.3 Å². The number of nitrogens with one attached hydrogen (secondary N) is 1. The van der Waals surface area contributed by atoms with Crippen LogP contribution >= 0.6 is 0 Å². The van der Waals surface area contributed by atoms with Crippen molar-refractivity contribution in [2.24, 2.45) is 0 Å². The Morgan fingerprint density at radius 1 is 1.13 bits per heavy atom. The second kappa shape index (κ2) is 19.2. The van der Waals surface area contributed by atoms with Crippen molar-refractivity contribution < 1.29 is 11.0 Å². The highest BCUT2D eigenvalue weighted by atomic mass is 16.5. The van der Waals surface area contributed by atoms with E-state index in [2.05, 4.69) is 28.6 Å². The van der Waals surface area contributed by atoms with E-state index in [1.165, 1.54) is 11.8 Å². The van der Waals surface area contributed by atoms with Crippen LogP contribution in [0.5, 0.6) is 0 Å². The van der Waals surface area contributed by atoms with Gasteiger partial charge in [0.15, 0.2) is 0 Å². The van der Waals surface area contributed by atoms with E-state index in [1.54, 1.807) is 11.8 Å². The number of pyridine rings is 1. The molecule has 8 nitrogen and oxygen atoms in total. The Balaban J connectivity index is 0.00000101. The molecule has 214 valence electrons. The fraction of sp³-hybridized carbons (Fsp3) is 0.567. The van der Waals surface area contributed by atoms with Crippen LogP contribution in [0.25, 0.3) is 0 Å². The molecule has 0 spiro atoms. The van der Waals surface area contributed by atoms with Gasteiger partial charge in [0, 0.05) is 71.7 Å². The third kappa shape index (κ3) is 12.0. The average Bonchev–Trinajstić information content (AvgIpc) is 2.92. The lowest BCUT2D eigenvalue weighted by atomic mass is 10.2. The molecule has 2 aromatic rings. The van der Waals surface area contributed by atoms with E-state index in [4.69, 9.17) is 15.9 Å². The monoisotopic (exact) mass is 528 g/mol. The zero-order valence-electron chi connectivity index (χ0n) is 24.5. The predicted molar refractivity (Wildman–Crippen MR) is 164 cm³/mol. The van der Waals surface area contributed by atoms with Gasteiger partial charge in [-0.25, -0.2) is 4.98 Å². The van der Waals surface area contributed by atoms with Crippen molar-refractivity contribution in [1.82, 2.24) is 9.88 Å². The number of benzene rings is 1. The number of anilines is 3. The maximum Gasteiger partial charge on any atom is 0.225 e. The van der Waals surface area contributed by atoms with Gasteiger partial charge in [0.2, 0.25) is 5.91 Å². The van der Waals surface area contributed by atoms with Crippen molar-refractivity contribution in [3.8, 4) is 0 Å². The van der Waals surface area contributed by atoms with Crippen LogP contribution in [0.2, 0.25) is 0 Å². The Kier molecular flexibility index (Phi) is 16.7. The van der Waals surface area contributed by atoms with E-state index in [9.17, 15) is 4.79 Å². The molecule has 38 heavy (non-hydrogen) atoms. The van der Waals surface area contributed by atoms with Crippen molar-refractivity contribution in [3.05, 3.63) is 47.5 Å². The molecule has 1 aliphatic heterocycles.